The highest BCUT2D eigenvalue weighted by atomic mass is 32.2. The van der Waals surface area contributed by atoms with Gasteiger partial charge in [-0.2, -0.15) is 0 Å². The Kier molecular flexibility index (Phi) is 7.28. The van der Waals surface area contributed by atoms with Crippen LogP contribution in [-0.4, -0.2) is 65.5 Å². The minimum atomic E-state index is -1.26. The molecule has 1 aromatic carbocycles. The van der Waals surface area contributed by atoms with E-state index in [1.54, 1.807) is 19.1 Å². The molecule has 1 aromatic rings. The standard InChI is InChI=1S/C21H32N4O4S/c1-6-29-20(26)15-11-16(14(2)24-30(27)21(3,4)5)19-17(12-15)22-13-18(23-19)25-7-9-28-10-8-25/h11-12,14,22,24H,6-10,13H2,1-5H3/t14?,30-/m1/s1. The molecule has 0 radical (unpaired) electrons. The second-order valence-electron chi connectivity index (χ2n) is 8.38. The molecule has 1 saturated heterocycles. The molecule has 166 valence electrons. The van der Waals surface area contributed by atoms with Crippen molar-refractivity contribution < 1.29 is 18.8 Å². The summed E-state index contributed by atoms with van der Waals surface area (Å²) in [4.78, 5) is 19.6. The van der Waals surface area contributed by atoms with Crippen LogP contribution in [0.1, 0.15) is 56.6 Å². The smallest absolute Gasteiger partial charge is 0.338 e. The number of aliphatic imine (C=N–C) groups is 1. The van der Waals surface area contributed by atoms with Gasteiger partial charge < -0.3 is 24.2 Å². The molecule has 8 nitrogen and oxygen atoms in total. The zero-order valence-corrected chi connectivity index (χ0v) is 19.2. The number of anilines is 1. The maximum absolute atomic E-state index is 12.7. The number of benzene rings is 1. The van der Waals surface area contributed by atoms with Crippen molar-refractivity contribution in [2.24, 2.45) is 4.99 Å². The van der Waals surface area contributed by atoms with E-state index in [-0.39, 0.29) is 12.0 Å². The topological polar surface area (TPSA) is 98.2 Å². The van der Waals surface area contributed by atoms with Crippen molar-refractivity contribution in [2.75, 3.05) is 44.8 Å². The summed E-state index contributed by atoms with van der Waals surface area (Å²) in [7, 11) is 0. The van der Waals surface area contributed by atoms with Gasteiger partial charge >= 0.3 is 5.97 Å². The second-order valence-corrected chi connectivity index (χ2v) is 10.4. The SMILES string of the molecule is CCOC(=O)c1cc2c(c(C(C)N[S@+]([O-])C(C)(C)C)c1)N=C(N1CCOCC1)CN2. The van der Waals surface area contributed by atoms with Gasteiger partial charge in [-0.05, 0) is 46.8 Å². The molecule has 0 spiro atoms. The van der Waals surface area contributed by atoms with Crippen LogP contribution in [0.2, 0.25) is 0 Å². The van der Waals surface area contributed by atoms with Gasteiger partial charge in [-0.3, -0.25) is 0 Å². The quantitative estimate of drug-likeness (QED) is 0.541. The first-order valence-corrected chi connectivity index (χ1v) is 11.5. The molecule has 2 N–H and O–H groups in total. The number of carbonyl (C=O) groups excluding carboxylic acids is 1. The second kappa shape index (κ2) is 9.55. The summed E-state index contributed by atoms with van der Waals surface area (Å²) in [6, 6.07) is 3.30. The molecule has 2 heterocycles. The Labute approximate surface area is 181 Å². The molecule has 30 heavy (non-hydrogen) atoms. The van der Waals surface area contributed by atoms with E-state index in [0.29, 0.717) is 31.9 Å². The minimum absolute atomic E-state index is 0.275. The number of amidine groups is 1. The summed E-state index contributed by atoms with van der Waals surface area (Å²) in [6.07, 6.45) is 0. The molecule has 1 fully saturated rings. The van der Waals surface area contributed by atoms with Crippen LogP contribution in [0.4, 0.5) is 11.4 Å². The Hall–Kier alpha value is -1.81. The van der Waals surface area contributed by atoms with E-state index in [0.717, 1.165) is 35.9 Å². The number of hydrogen-bond donors (Lipinski definition) is 2. The van der Waals surface area contributed by atoms with Gasteiger partial charge in [-0.25, -0.2) is 9.79 Å². The molecule has 0 aliphatic carbocycles. The first kappa shape index (κ1) is 22.9. The van der Waals surface area contributed by atoms with Gasteiger partial charge in [-0.1, -0.05) is 0 Å². The lowest BCUT2D eigenvalue weighted by molar-refractivity contribution is 0.0526. The Morgan fingerprint density at radius 3 is 2.73 bits per heavy atom. The van der Waals surface area contributed by atoms with Crippen molar-refractivity contribution in [3.63, 3.8) is 0 Å². The van der Waals surface area contributed by atoms with E-state index in [1.165, 1.54) is 0 Å². The normalized spacial score (nSPS) is 18.7. The lowest BCUT2D eigenvalue weighted by Gasteiger charge is -2.33. The summed E-state index contributed by atoms with van der Waals surface area (Å²) < 4.78 is 26.1. The highest BCUT2D eigenvalue weighted by molar-refractivity contribution is 7.90. The van der Waals surface area contributed by atoms with E-state index in [4.69, 9.17) is 14.5 Å². The molecule has 9 heteroatoms. The number of carbonyl (C=O) groups is 1. The zero-order chi connectivity index (χ0) is 21.9. The van der Waals surface area contributed by atoms with Gasteiger partial charge in [0, 0.05) is 30.0 Å². The van der Waals surface area contributed by atoms with Crippen molar-refractivity contribution in [2.45, 2.75) is 45.4 Å². The van der Waals surface area contributed by atoms with Crippen molar-refractivity contribution in [1.29, 1.82) is 0 Å². The number of ether oxygens (including phenoxy) is 2. The number of rotatable bonds is 5. The summed E-state index contributed by atoms with van der Waals surface area (Å²) in [5.41, 5.74) is 2.81. The van der Waals surface area contributed by atoms with Crippen LogP contribution in [0, 0.1) is 0 Å². The van der Waals surface area contributed by atoms with Crippen LogP contribution in [0.3, 0.4) is 0 Å². The summed E-state index contributed by atoms with van der Waals surface area (Å²) in [5.74, 6) is 0.565. The number of esters is 1. The van der Waals surface area contributed by atoms with Crippen molar-refractivity contribution in [3.05, 3.63) is 23.3 Å². The van der Waals surface area contributed by atoms with Crippen molar-refractivity contribution in [3.8, 4) is 0 Å². The molecular weight excluding hydrogens is 404 g/mol. The largest absolute Gasteiger partial charge is 0.598 e. The van der Waals surface area contributed by atoms with E-state index in [1.807, 2.05) is 27.7 Å². The number of hydrogen-bond acceptors (Lipinski definition) is 8. The first-order valence-electron chi connectivity index (χ1n) is 10.4. The third-order valence-corrected chi connectivity index (χ3v) is 6.69. The molecule has 0 amide bonds. The molecule has 0 saturated carbocycles. The fourth-order valence-electron chi connectivity index (χ4n) is 3.33. The van der Waals surface area contributed by atoms with E-state index >= 15 is 0 Å². The van der Waals surface area contributed by atoms with E-state index < -0.39 is 16.1 Å². The number of nitrogens with zero attached hydrogens (tertiary/aromatic N) is 2. The van der Waals surface area contributed by atoms with Gasteiger partial charge in [0.05, 0.1) is 49.3 Å². The van der Waals surface area contributed by atoms with E-state index in [2.05, 4.69) is 14.9 Å². The van der Waals surface area contributed by atoms with Crippen LogP contribution in [0.15, 0.2) is 17.1 Å². The summed E-state index contributed by atoms with van der Waals surface area (Å²) in [5, 5.41) is 3.40. The molecule has 1 unspecified atom stereocenters. The van der Waals surface area contributed by atoms with Crippen LogP contribution in [0.25, 0.3) is 0 Å². The molecule has 0 aromatic heterocycles. The fourth-order valence-corrected chi connectivity index (χ4v) is 4.13. The van der Waals surface area contributed by atoms with Crippen LogP contribution >= 0.6 is 0 Å². The molecule has 3 rings (SSSR count). The van der Waals surface area contributed by atoms with Crippen LogP contribution in [-0.2, 0) is 20.8 Å². The third-order valence-electron chi connectivity index (χ3n) is 5.01. The Morgan fingerprint density at radius 1 is 1.40 bits per heavy atom. The molecule has 2 atom stereocenters. The number of morpholine rings is 1. The predicted molar refractivity (Wildman–Crippen MR) is 120 cm³/mol. The average molecular weight is 437 g/mol. The predicted octanol–water partition coefficient (Wildman–Crippen LogP) is 2.76. The Balaban J connectivity index is 1.99. The highest BCUT2D eigenvalue weighted by Crippen LogP contribution is 2.38. The highest BCUT2D eigenvalue weighted by Gasteiger charge is 2.31. The maximum Gasteiger partial charge on any atom is 0.338 e. The van der Waals surface area contributed by atoms with Gasteiger partial charge in [0.25, 0.3) is 0 Å². The van der Waals surface area contributed by atoms with Gasteiger partial charge in [-0.15, -0.1) is 4.72 Å². The monoisotopic (exact) mass is 436 g/mol. The Bertz CT molecular complexity index is 803. The Morgan fingerprint density at radius 2 is 2.10 bits per heavy atom. The number of nitrogens with one attached hydrogen (secondary N) is 2. The number of fused-ring (bicyclic) bond motifs is 1. The molecular formula is C21H32N4O4S. The maximum atomic E-state index is 12.7. The van der Waals surface area contributed by atoms with Gasteiger partial charge in [0.15, 0.2) is 0 Å². The lowest BCUT2D eigenvalue weighted by atomic mass is 10.0. The zero-order valence-electron chi connectivity index (χ0n) is 18.4. The van der Waals surface area contributed by atoms with Crippen LogP contribution < -0.4 is 10.0 Å². The summed E-state index contributed by atoms with van der Waals surface area (Å²) in [6.45, 7) is 13.3. The van der Waals surface area contributed by atoms with Crippen molar-refractivity contribution >= 4 is 34.5 Å². The van der Waals surface area contributed by atoms with Crippen molar-refractivity contribution in [1.82, 2.24) is 9.62 Å². The average Bonchev–Trinajstić information content (AvgIpc) is 2.72. The van der Waals surface area contributed by atoms with Gasteiger partial charge in [0.2, 0.25) is 0 Å². The first-order chi connectivity index (χ1) is 14.2. The minimum Gasteiger partial charge on any atom is -0.598 e. The molecule has 2 aliphatic rings. The fraction of sp³-hybridized carbons (Fsp3) is 0.619. The van der Waals surface area contributed by atoms with Crippen LogP contribution in [0.5, 0.6) is 0 Å². The van der Waals surface area contributed by atoms with E-state index in [9.17, 15) is 9.35 Å². The molecule has 0 bridgehead atoms. The van der Waals surface area contributed by atoms with Gasteiger partial charge in [0.1, 0.15) is 10.6 Å². The lowest BCUT2D eigenvalue weighted by Crippen LogP contribution is -2.44. The molecule has 2 aliphatic heterocycles. The third kappa shape index (κ3) is 5.26. The summed E-state index contributed by atoms with van der Waals surface area (Å²) >= 11 is -1.26.